The summed E-state index contributed by atoms with van der Waals surface area (Å²) in [4.78, 5) is 0. The van der Waals surface area contributed by atoms with Crippen molar-refractivity contribution in [1.82, 2.24) is 5.32 Å². The van der Waals surface area contributed by atoms with Gasteiger partial charge in [0, 0.05) is 6.04 Å². The van der Waals surface area contributed by atoms with E-state index >= 15 is 0 Å². The molecule has 0 aromatic heterocycles. The van der Waals surface area contributed by atoms with Crippen LogP contribution in [-0.2, 0) is 0 Å². The maximum atomic E-state index is 3.52. The highest BCUT2D eigenvalue weighted by Crippen LogP contribution is 2.10. The zero-order chi connectivity index (χ0) is 6.53. The Balaban J connectivity index is 0.000000810. The van der Waals surface area contributed by atoms with Crippen LogP contribution in [0.2, 0.25) is 0 Å². The van der Waals surface area contributed by atoms with Gasteiger partial charge in [-0.25, -0.2) is 0 Å². The van der Waals surface area contributed by atoms with Gasteiger partial charge in [-0.3, -0.25) is 0 Å². The first-order valence-electron chi connectivity index (χ1n) is 4.17. The Kier molecular flexibility index (Phi) is 3.05. The second-order valence-corrected chi connectivity index (χ2v) is 2.94. The van der Waals surface area contributed by atoms with Gasteiger partial charge in [0.05, 0.1) is 0 Å². The third kappa shape index (κ3) is 2.35. The molecule has 1 heterocycles. The Bertz CT molecular complexity index is 66.9. The summed E-state index contributed by atoms with van der Waals surface area (Å²) in [5.41, 5.74) is 0. The minimum atomic E-state index is 0. The molecule has 1 nitrogen and oxygen atoms in total. The maximum Gasteiger partial charge on any atom is 1.00 e. The van der Waals surface area contributed by atoms with Crippen LogP contribution in [0.4, 0.5) is 0 Å². The molecule has 1 rings (SSSR count). The Hall–Kier alpha value is -0.0400. The lowest BCUT2D eigenvalue weighted by molar-refractivity contribution is 0.380. The number of hydrogen-bond donors (Lipinski definition) is 1. The molecule has 0 aliphatic carbocycles. The predicted octanol–water partition coefficient (Wildman–Crippen LogP) is 2.04. The predicted molar refractivity (Wildman–Crippen MR) is 41.7 cm³/mol. The monoisotopic (exact) mass is 128 g/mol. The van der Waals surface area contributed by atoms with Crippen LogP contribution in [0.1, 0.15) is 40.5 Å². The third-order valence-electron chi connectivity index (χ3n) is 2.05. The summed E-state index contributed by atoms with van der Waals surface area (Å²) in [5.74, 6) is 0. The van der Waals surface area contributed by atoms with Gasteiger partial charge >= 0.3 is 1.43 Å². The van der Waals surface area contributed by atoms with E-state index in [0.717, 1.165) is 6.04 Å². The molecule has 54 valence electrons. The molecule has 1 N–H and O–H groups in total. The third-order valence-corrected chi connectivity index (χ3v) is 2.05. The van der Waals surface area contributed by atoms with E-state index in [2.05, 4.69) is 12.2 Å². The van der Waals surface area contributed by atoms with E-state index in [0.29, 0.717) is 0 Å². The van der Waals surface area contributed by atoms with Crippen LogP contribution in [0.15, 0.2) is 0 Å². The molecule has 0 spiro atoms. The Morgan fingerprint density at radius 2 is 2.44 bits per heavy atom. The molecule has 1 atom stereocenters. The topological polar surface area (TPSA) is 12.0 Å². The smallest absolute Gasteiger partial charge is 0.314 e. The molecule has 0 radical (unpaired) electrons. The van der Waals surface area contributed by atoms with Gasteiger partial charge in [0.1, 0.15) is 0 Å². The summed E-state index contributed by atoms with van der Waals surface area (Å²) in [5, 5.41) is 3.52. The van der Waals surface area contributed by atoms with E-state index in [9.17, 15) is 0 Å². The molecule has 0 unspecified atom stereocenters. The minimum Gasteiger partial charge on any atom is -0.314 e. The van der Waals surface area contributed by atoms with E-state index in [1.807, 2.05) is 0 Å². The summed E-state index contributed by atoms with van der Waals surface area (Å²) in [6.07, 6.45) is 6.95. The Labute approximate surface area is 59.3 Å². The van der Waals surface area contributed by atoms with Crippen LogP contribution in [0.3, 0.4) is 0 Å². The first-order valence-corrected chi connectivity index (χ1v) is 4.17. The molecule has 1 heteroatoms. The molecule has 0 aromatic rings. The standard InChI is InChI=1S/C8H17N/c1-2-5-8-6-3-4-7-9-8/h8-9H,2-7H2,1H3/p+1/t8-/m0/s1. The first kappa shape index (κ1) is 7.07. The molecule has 0 bridgehead atoms. The highest BCUT2D eigenvalue weighted by atomic mass is 14.9. The lowest BCUT2D eigenvalue weighted by Crippen LogP contribution is -2.33. The second-order valence-electron chi connectivity index (χ2n) is 2.94. The number of hydrogen-bond acceptors (Lipinski definition) is 1. The Morgan fingerprint density at radius 1 is 1.56 bits per heavy atom. The Morgan fingerprint density at radius 3 is 3.00 bits per heavy atom. The van der Waals surface area contributed by atoms with Crippen molar-refractivity contribution in [3.8, 4) is 0 Å². The van der Waals surface area contributed by atoms with Crippen LogP contribution in [-0.4, -0.2) is 12.6 Å². The van der Waals surface area contributed by atoms with Gasteiger partial charge in [-0.05, 0) is 25.8 Å². The minimum absolute atomic E-state index is 0. The van der Waals surface area contributed by atoms with E-state index in [4.69, 9.17) is 0 Å². The highest BCUT2D eigenvalue weighted by Gasteiger charge is 2.09. The summed E-state index contributed by atoms with van der Waals surface area (Å²) < 4.78 is 0. The number of rotatable bonds is 2. The van der Waals surface area contributed by atoms with Crippen LogP contribution in [0.25, 0.3) is 0 Å². The van der Waals surface area contributed by atoms with Crippen LogP contribution in [0.5, 0.6) is 0 Å². The summed E-state index contributed by atoms with van der Waals surface area (Å²) in [6.45, 7) is 3.51. The van der Waals surface area contributed by atoms with E-state index in [1.165, 1.54) is 38.6 Å². The fraction of sp³-hybridized carbons (Fsp3) is 1.00. The van der Waals surface area contributed by atoms with Gasteiger partial charge in [0.25, 0.3) is 0 Å². The van der Waals surface area contributed by atoms with Gasteiger partial charge in [-0.2, -0.15) is 0 Å². The fourth-order valence-electron chi connectivity index (χ4n) is 1.52. The lowest BCUT2D eigenvalue weighted by atomic mass is 10.0. The molecule has 1 aliphatic heterocycles. The molecule has 0 saturated carbocycles. The normalized spacial score (nSPS) is 28.3. The van der Waals surface area contributed by atoms with Crippen molar-refractivity contribution >= 4 is 0 Å². The fourth-order valence-corrected chi connectivity index (χ4v) is 1.52. The van der Waals surface area contributed by atoms with Crippen molar-refractivity contribution < 1.29 is 1.43 Å². The summed E-state index contributed by atoms with van der Waals surface area (Å²) >= 11 is 0. The van der Waals surface area contributed by atoms with Gasteiger partial charge in [-0.1, -0.05) is 19.8 Å². The molecule has 9 heavy (non-hydrogen) atoms. The number of piperidine rings is 1. The average Bonchev–Trinajstić information content (AvgIpc) is 1.91. The van der Waals surface area contributed by atoms with Crippen LogP contribution >= 0.6 is 0 Å². The van der Waals surface area contributed by atoms with Gasteiger partial charge in [-0.15, -0.1) is 0 Å². The SMILES string of the molecule is CCC[C@H]1CCCCN1.[H+]. The van der Waals surface area contributed by atoms with Crippen LogP contribution in [0, 0.1) is 0 Å². The van der Waals surface area contributed by atoms with E-state index < -0.39 is 0 Å². The van der Waals surface area contributed by atoms with Crippen molar-refractivity contribution in [3.05, 3.63) is 0 Å². The maximum absolute atomic E-state index is 3.52. The van der Waals surface area contributed by atoms with Crippen molar-refractivity contribution in [1.29, 1.82) is 0 Å². The number of nitrogens with one attached hydrogen (secondary N) is 1. The molecule has 0 amide bonds. The van der Waals surface area contributed by atoms with E-state index in [-0.39, 0.29) is 1.43 Å². The van der Waals surface area contributed by atoms with Crippen molar-refractivity contribution in [3.63, 3.8) is 0 Å². The summed E-state index contributed by atoms with van der Waals surface area (Å²) in [7, 11) is 0. The van der Waals surface area contributed by atoms with Crippen LogP contribution < -0.4 is 5.32 Å². The zero-order valence-corrected chi connectivity index (χ0v) is 6.32. The lowest BCUT2D eigenvalue weighted by Gasteiger charge is -2.22. The van der Waals surface area contributed by atoms with Crippen molar-refractivity contribution in [2.24, 2.45) is 0 Å². The second kappa shape index (κ2) is 3.89. The highest BCUT2D eigenvalue weighted by molar-refractivity contribution is 4.70. The molecular formula is C8H18N+. The van der Waals surface area contributed by atoms with E-state index in [1.54, 1.807) is 0 Å². The molecule has 0 aromatic carbocycles. The molecular weight excluding hydrogens is 110 g/mol. The average molecular weight is 128 g/mol. The zero-order valence-electron chi connectivity index (χ0n) is 7.32. The summed E-state index contributed by atoms with van der Waals surface area (Å²) in [6, 6.07) is 0.851. The quantitative estimate of drug-likeness (QED) is 0.600. The van der Waals surface area contributed by atoms with Crippen molar-refractivity contribution in [2.45, 2.75) is 45.1 Å². The largest absolute Gasteiger partial charge is 1.00 e. The van der Waals surface area contributed by atoms with Gasteiger partial charge < -0.3 is 5.32 Å². The van der Waals surface area contributed by atoms with Gasteiger partial charge in [0.2, 0.25) is 0 Å². The first-order chi connectivity index (χ1) is 4.43. The molecule has 1 saturated heterocycles. The molecule has 1 aliphatic rings. The van der Waals surface area contributed by atoms with Crippen molar-refractivity contribution in [2.75, 3.05) is 6.54 Å². The molecule has 1 fully saturated rings. The van der Waals surface area contributed by atoms with Gasteiger partial charge in [0.15, 0.2) is 0 Å².